The van der Waals surface area contributed by atoms with Gasteiger partial charge in [-0.25, -0.2) is 0 Å². The Balaban J connectivity index is 2.50. The summed E-state index contributed by atoms with van der Waals surface area (Å²) in [6.07, 6.45) is 4.31. The van der Waals surface area contributed by atoms with Crippen LogP contribution in [-0.2, 0) is 4.79 Å². The smallest absolute Gasteiger partial charge is 0.225 e. The van der Waals surface area contributed by atoms with E-state index in [-0.39, 0.29) is 23.9 Å². The molecule has 0 aromatic heterocycles. The molecule has 4 unspecified atom stereocenters. The molecule has 1 rings (SSSR count). The second-order valence-electron chi connectivity index (χ2n) is 6.14. The molecule has 3 nitrogen and oxygen atoms in total. The molecule has 0 radical (unpaired) electrons. The van der Waals surface area contributed by atoms with Crippen molar-refractivity contribution in [2.24, 2.45) is 23.5 Å². The van der Waals surface area contributed by atoms with E-state index in [4.69, 9.17) is 5.73 Å². The van der Waals surface area contributed by atoms with Crippen molar-refractivity contribution in [1.29, 1.82) is 0 Å². The van der Waals surface area contributed by atoms with Gasteiger partial charge in [-0.2, -0.15) is 0 Å². The number of carbonyl (C=O) groups excluding carboxylic acids is 1. The summed E-state index contributed by atoms with van der Waals surface area (Å²) >= 11 is 0. The van der Waals surface area contributed by atoms with Crippen molar-refractivity contribution in [3.8, 4) is 0 Å². The van der Waals surface area contributed by atoms with Crippen molar-refractivity contribution in [3.05, 3.63) is 0 Å². The first-order chi connectivity index (χ1) is 7.91. The van der Waals surface area contributed by atoms with Gasteiger partial charge in [0.2, 0.25) is 5.91 Å². The van der Waals surface area contributed by atoms with Gasteiger partial charge in [-0.15, -0.1) is 0 Å². The van der Waals surface area contributed by atoms with E-state index < -0.39 is 0 Å². The zero-order valence-corrected chi connectivity index (χ0v) is 11.7. The minimum atomic E-state index is 0.0124. The van der Waals surface area contributed by atoms with E-state index in [1.165, 1.54) is 0 Å². The van der Waals surface area contributed by atoms with Crippen molar-refractivity contribution < 1.29 is 4.79 Å². The Bertz CT molecular complexity index is 243. The summed E-state index contributed by atoms with van der Waals surface area (Å²) in [5.41, 5.74) is 6.09. The number of nitrogens with one attached hydrogen (secondary N) is 1. The molecule has 100 valence electrons. The summed E-state index contributed by atoms with van der Waals surface area (Å²) in [5.74, 6) is 1.21. The molecule has 0 saturated heterocycles. The van der Waals surface area contributed by atoms with Gasteiger partial charge in [0.25, 0.3) is 0 Å². The van der Waals surface area contributed by atoms with Crippen molar-refractivity contribution in [2.45, 2.75) is 65.5 Å². The summed E-state index contributed by atoms with van der Waals surface area (Å²) in [5, 5.41) is 3.12. The van der Waals surface area contributed by atoms with Gasteiger partial charge in [-0.1, -0.05) is 27.2 Å². The molecule has 1 aliphatic carbocycles. The van der Waals surface area contributed by atoms with Gasteiger partial charge >= 0.3 is 0 Å². The van der Waals surface area contributed by atoms with Crippen LogP contribution in [0.1, 0.15) is 53.4 Å². The Kier molecular flexibility index (Phi) is 5.44. The third-order valence-corrected chi connectivity index (χ3v) is 3.79. The van der Waals surface area contributed by atoms with E-state index in [0.717, 1.165) is 25.7 Å². The highest BCUT2D eigenvalue weighted by Gasteiger charge is 2.34. The predicted molar refractivity (Wildman–Crippen MR) is 71.5 cm³/mol. The lowest BCUT2D eigenvalue weighted by molar-refractivity contribution is -0.128. The Labute approximate surface area is 106 Å². The lowest BCUT2D eigenvalue weighted by Gasteiger charge is -2.34. The van der Waals surface area contributed by atoms with Gasteiger partial charge in [-0.05, 0) is 38.0 Å². The van der Waals surface area contributed by atoms with E-state index >= 15 is 0 Å². The normalized spacial score (nSPS) is 31.3. The van der Waals surface area contributed by atoms with E-state index in [1.807, 2.05) is 0 Å². The minimum Gasteiger partial charge on any atom is -0.353 e. The Hall–Kier alpha value is -0.570. The Morgan fingerprint density at radius 3 is 2.53 bits per heavy atom. The largest absolute Gasteiger partial charge is 0.353 e. The fourth-order valence-electron chi connectivity index (χ4n) is 3.01. The second kappa shape index (κ2) is 6.39. The molecule has 1 aliphatic rings. The molecule has 3 N–H and O–H groups in total. The first kappa shape index (κ1) is 14.5. The van der Waals surface area contributed by atoms with Gasteiger partial charge in [0.1, 0.15) is 0 Å². The molecule has 0 aromatic rings. The third kappa shape index (κ3) is 4.30. The summed E-state index contributed by atoms with van der Waals surface area (Å²) in [6, 6.07) is 0.300. The number of hydrogen-bond donors (Lipinski definition) is 2. The number of nitrogens with two attached hydrogens (primary N) is 1. The van der Waals surface area contributed by atoms with E-state index in [1.54, 1.807) is 0 Å². The highest BCUT2D eigenvalue weighted by Crippen LogP contribution is 2.29. The van der Waals surface area contributed by atoms with Crippen LogP contribution < -0.4 is 11.1 Å². The summed E-state index contributed by atoms with van der Waals surface area (Å²) in [4.78, 5) is 12.2. The van der Waals surface area contributed by atoms with Crippen molar-refractivity contribution in [1.82, 2.24) is 5.32 Å². The molecule has 3 heteroatoms. The van der Waals surface area contributed by atoms with Crippen LogP contribution >= 0.6 is 0 Å². The molecule has 0 aromatic carbocycles. The fourth-order valence-corrected chi connectivity index (χ4v) is 3.01. The standard InChI is InChI=1S/C14H28N2O/c1-9(2)8-11(4)16-14(17)13-10(3)6-5-7-12(13)15/h9-13H,5-8,15H2,1-4H3,(H,16,17). The molecule has 0 spiro atoms. The monoisotopic (exact) mass is 240 g/mol. The average Bonchev–Trinajstić information content (AvgIpc) is 2.15. The number of rotatable bonds is 4. The first-order valence-corrected chi connectivity index (χ1v) is 6.97. The maximum Gasteiger partial charge on any atom is 0.225 e. The molecule has 1 fully saturated rings. The lowest BCUT2D eigenvalue weighted by atomic mass is 9.76. The van der Waals surface area contributed by atoms with Crippen LogP contribution in [-0.4, -0.2) is 18.0 Å². The van der Waals surface area contributed by atoms with Crippen LogP contribution in [0, 0.1) is 17.8 Å². The zero-order chi connectivity index (χ0) is 13.0. The molecule has 17 heavy (non-hydrogen) atoms. The summed E-state index contributed by atoms with van der Waals surface area (Å²) in [6.45, 7) is 8.59. The van der Waals surface area contributed by atoms with Crippen LogP contribution in [0.25, 0.3) is 0 Å². The van der Waals surface area contributed by atoms with E-state index in [0.29, 0.717) is 11.8 Å². The van der Waals surface area contributed by atoms with Gasteiger partial charge in [0.05, 0.1) is 5.92 Å². The fraction of sp³-hybridized carbons (Fsp3) is 0.929. The molecular weight excluding hydrogens is 212 g/mol. The van der Waals surface area contributed by atoms with Crippen LogP contribution in [0.5, 0.6) is 0 Å². The van der Waals surface area contributed by atoms with Gasteiger partial charge in [-0.3, -0.25) is 4.79 Å². The number of carbonyl (C=O) groups is 1. The van der Waals surface area contributed by atoms with Crippen LogP contribution in [0.15, 0.2) is 0 Å². The third-order valence-electron chi connectivity index (χ3n) is 3.79. The van der Waals surface area contributed by atoms with Crippen LogP contribution in [0.4, 0.5) is 0 Å². The maximum atomic E-state index is 12.2. The molecule has 1 amide bonds. The molecule has 1 saturated carbocycles. The van der Waals surface area contributed by atoms with E-state index in [9.17, 15) is 4.79 Å². The summed E-state index contributed by atoms with van der Waals surface area (Å²) < 4.78 is 0. The molecule has 0 bridgehead atoms. The second-order valence-corrected chi connectivity index (χ2v) is 6.14. The Morgan fingerprint density at radius 1 is 1.35 bits per heavy atom. The van der Waals surface area contributed by atoms with Gasteiger partial charge in [0.15, 0.2) is 0 Å². The Morgan fingerprint density at radius 2 is 2.00 bits per heavy atom. The predicted octanol–water partition coefficient (Wildman–Crippen LogP) is 2.30. The summed E-state index contributed by atoms with van der Waals surface area (Å²) in [7, 11) is 0. The average molecular weight is 240 g/mol. The SMILES string of the molecule is CC(C)CC(C)NC(=O)C1C(C)CCCC1N. The van der Waals surface area contributed by atoms with Crippen LogP contribution in [0.3, 0.4) is 0 Å². The van der Waals surface area contributed by atoms with Gasteiger partial charge in [0, 0.05) is 12.1 Å². The molecule has 0 heterocycles. The quantitative estimate of drug-likeness (QED) is 0.792. The zero-order valence-electron chi connectivity index (χ0n) is 11.7. The minimum absolute atomic E-state index is 0.0124. The van der Waals surface area contributed by atoms with Gasteiger partial charge < -0.3 is 11.1 Å². The van der Waals surface area contributed by atoms with Crippen molar-refractivity contribution >= 4 is 5.91 Å². The van der Waals surface area contributed by atoms with Crippen LogP contribution in [0.2, 0.25) is 0 Å². The first-order valence-electron chi connectivity index (χ1n) is 6.97. The number of hydrogen-bond acceptors (Lipinski definition) is 2. The lowest BCUT2D eigenvalue weighted by Crippen LogP contribution is -2.49. The highest BCUT2D eigenvalue weighted by atomic mass is 16.2. The van der Waals surface area contributed by atoms with E-state index in [2.05, 4.69) is 33.0 Å². The number of amides is 1. The van der Waals surface area contributed by atoms with Crippen molar-refractivity contribution in [2.75, 3.05) is 0 Å². The maximum absolute atomic E-state index is 12.2. The van der Waals surface area contributed by atoms with Crippen molar-refractivity contribution in [3.63, 3.8) is 0 Å². The highest BCUT2D eigenvalue weighted by molar-refractivity contribution is 5.80. The molecule has 0 aliphatic heterocycles. The molecule has 4 atom stereocenters. The topological polar surface area (TPSA) is 55.1 Å². The molecular formula is C14H28N2O.